The van der Waals surface area contributed by atoms with E-state index in [9.17, 15) is 0 Å². The van der Waals surface area contributed by atoms with Gasteiger partial charge in [-0.15, -0.1) is 0 Å². The van der Waals surface area contributed by atoms with E-state index in [-0.39, 0.29) is 0 Å². The Morgan fingerprint density at radius 2 is 2.12 bits per heavy atom. The monoisotopic (exact) mass is 416 g/mol. The van der Waals surface area contributed by atoms with Gasteiger partial charge in [0.1, 0.15) is 0 Å². The van der Waals surface area contributed by atoms with Gasteiger partial charge in [-0.05, 0) is 49.7 Å². The van der Waals surface area contributed by atoms with Gasteiger partial charge in [0.2, 0.25) is 0 Å². The number of allylic oxidation sites excluding steroid dienone is 3. The molecule has 0 radical (unpaired) electrons. The maximum atomic E-state index is 7.97. The van der Waals surface area contributed by atoms with Gasteiger partial charge in [-0.1, -0.05) is 35.2 Å². The third kappa shape index (κ3) is 4.86. The molecule has 0 aliphatic carbocycles. The number of hydrogen-bond acceptors (Lipinski definition) is 4. The first-order valence-corrected chi connectivity index (χ1v) is 9.72. The number of halogens is 1. The minimum atomic E-state index is 0.433. The molecule has 1 fully saturated rings. The predicted octanol–water partition coefficient (Wildman–Crippen LogP) is 4.34. The lowest BCUT2D eigenvalue weighted by atomic mass is 9.94. The van der Waals surface area contributed by atoms with E-state index in [1.165, 1.54) is 6.21 Å². The summed E-state index contributed by atoms with van der Waals surface area (Å²) in [7, 11) is 2.11. The highest BCUT2D eigenvalue weighted by Crippen LogP contribution is 2.29. The van der Waals surface area contributed by atoms with Gasteiger partial charge >= 0.3 is 0 Å². The lowest BCUT2D eigenvalue weighted by Gasteiger charge is -2.37. The molecule has 1 aliphatic heterocycles. The molecular weight excluding hydrogens is 388 g/mol. The highest BCUT2D eigenvalue weighted by Gasteiger charge is 2.24. The van der Waals surface area contributed by atoms with Crippen LogP contribution in [-0.4, -0.2) is 43.8 Å². The van der Waals surface area contributed by atoms with Crippen LogP contribution in [0.3, 0.4) is 0 Å². The molecule has 1 heterocycles. The van der Waals surface area contributed by atoms with Crippen LogP contribution in [0, 0.1) is 5.41 Å². The lowest BCUT2D eigenvalue weighted by molar-refractivity contribution is 0.205. The fourth-order valence-corrected chi connectivity index (χ4v) is 3.74. The van der Waals surface area contributed by atoms with E-state index in [1.54, 1.807) is 0 Å². The van der Waals surface area contributed by atoms with E-state index in [1.807, 2.05) is 6.08 Å². The van der Waals surface area contributed by atoms with Crippen LogP contribution in [0.15, 0.2) is 52.7 Å². The third-order valence-corrected chi connectivity index (χ3v) is 5.16. The molecule has 140 valence electrons. The second-order valence-corrected chi connectivity index (χ2v) is 7.70. The Bertz CT molecular complexity index is 730. The summed E-state index contributed by atoms with van der Waals surface area (Å²) >= 11 is 3.63. The first-order chi connectivity index (χ1) is 12.4. The summed E-state index contributed by atoms with van der Waals surface area (Å²) in [5.41, 5.74) is 6.17. The summed E-state index contributed by atoms with van der Waals surface area (Å²) in [5, 5.41) is 14.9. The van der Waals surface area contributed by atoms with Crippen molar-refractivity contribution < 1.29 is 0 Å². The zero-order valence-electron chi connectivity index (χ0n) is 16.0. The van der Waals surface area contributed by atoms with Crippen LogP contribution < -0.4 is 10.6 Å². The number of rotatable bonds is 9. The largest absolute Gasteiger partial charge is 0.386 e. The van der Waals surface area contributed by atoms with Crippen molar-refractivity contribution >= 4 is 27.8 Å². The summed E-state index contributed by atoms with van der Waals surface area (Å²) in [6.07, 6.45) is 4.01. The van der Waals surface area contributed by atoms with Crippen LogP contribution >= 0.6 is 15.9 Å². The Kier molecular flexibility index (Phi) is 7.23. The molecule has 0 amide bonds. The van der Waals surface area contributed by atoms with Crippen molar-refractivity contribution in [3.05, 3.63) is 63.8 Å². The third-order valence-electron chi connectivity index (χ3n) is 4.70. The van der Waals surface area contributed by atoms with Gasteiger partial charge in [0.05, 0.1) is 6.04 Å². The average Bonchev–Trinajstić information content (AvgIpc) is 2.57. The molecule has 1 aromatic carbocycles. The highest BCUT2D eigenvalue weighted by molar-refractivity contribution is 9.10. The van der Waals surface area contributed by atoms with Gasteiger partial charge in [-0.3, -0.25) is 0 Å². The molecule has 0 atom stereocenters. The zero-order chi connectivity index (χ0) is 19.3. The maximum absolute atomic E-state index is 7.97. The standard InChI is InChI=1S/C21H29BrN4/c1-6-14(3)19(15(4)24-7-2)9-16-8-17(22)10-21(20(16)11-23)25-18-12-26(5)13-18/h6,8,10-11,18,23-25H,1,4,7,9,12-13H2,2-3,5H3/b19-14-,23-11?. The van der Waals surface area contributed by atoms with Crippen LogP contribution in [0.2, 0.25) is 0 Å². The zero-order valence-corrected chi connectivity index (χ0v) is 17.5. The lowest BCUT2D eigenvalue weighted by Crippen LogP contribution is -2.52. The Labute approximate surface area is 165 Å². The van der Waals surface area contributed by atoms with Gasteiger partial charge in [0, 0.05) is 53.7 Å². The second kappa shape index (κ2) is 9.19. The molecular formula is C21H29BrN4. The molecule has 0 spiro atoms. The molecule has 1 saturated heterocycles. The van der Waals surface area contributed by atoms with Gasteiger partial charge in [-0.2, -0.15) is 0 Å². The SMILES string of the molecule is C=C/C(C)=C(/Cc1cc(Br)cc(NC2CN(C)C2)c1C=N)C(=C)NCC. The van der Waals surface area contributed by atoms with Crippen molar-refractivity contribution in [2.45, 2.75) is 26.3 Å². The average molecular weight is 417 g/mol. The molecule has 26 heavy (non-hydrogen) atoms. The smallest absolute Gasteiger partial charge is 0.0515 e. The van der Waals surface area contributed by atoms with E-state index in [0.717, 1.165) is 57.8 Å². The predicted molar refractivity (Wildman–Crippen MR) is 116 cm³/mol. The minimum Gasteiger partial charge on any atom is -0.386 e. The van der Waals surface area contributed by atoms with Crippen molar-refractivity contribution in [1.82, 2.24) is 10.2 Å². The van der Waals surface area contributed by atoms with Crippen LogP contribution in [0.1, 0.15) is 25.0 Å². The van der Waals surface area contributed by atoms with E-state index < -0.39 is 0 Å². The molecule has 4 nitrogen and oxygen atoms in total. The van der Waals surface area contributed by atoms with Crippen LogP contribution in [0.4, 0.5) is 5.69 Å². The van der Waals surface area contributed by atoms with Gasteiger partial charge in [-0.25, -0.2) is 0 Å². The first-order valence-electron chi connectivity index (χ1n) is 8.92. The minimum absolute atomic E-state index is 0.433. The molecule has 2 rings (SSSR count). The Balaban J connectivity index is 2.37. The number of anilines is 1. The fourth-order valence-electron chi connectivity index (χ4n) is 3.24. The van der Waals surface area contributed by atoms with Gasteiger partial charge in [0.15, 0.2) is 0 Å². The van der Waals surface area contributed by atoms with E-state index >= 15 is 0 Å². The Hall–Kier alpha value is -1.85. The molecule has 1 aromatic rings. The van der Waals surface area contributed by atoms with Crippen LogP contribution in [-0.2, 0) is 6.42 Å². The molecule has 0 saturated carbocycles. The Morgan fingerprint density at radius 1 is 1.42 bits per heavy atom. The number of likely N-dealkylation sites (tertiary alicyclic amines) is 1. The number of likely N-dealkylation sites (N-methyl/N-ethyl adjacent to an activating group) is 2. The van der Waals surface area contributed by atoms with Crippen molar-refractivity contribution in [1.29, 1.82) is 5.41 Å². The van der Waals surface area contributed by atoms with Crippen molar-refractivity contribution in [2.24, 2.45) is 0 Å². The highest BCUT2D eigenvalue weighted by atomic mass is 79.9. The summed E-state index contributed by atoms with van der Waals surface area (Å²) in [6, 6.07) is 4.58. The maximum Gasteiger partial charge on any atom is 0.0515 e. The molecule has 1 aliphatic rings. The number of benzene rings is 1. The fraction of sp³-hybridized carbons (Fsp3) is 0.381. The molecule has 0 aromatic heterocycles. The number of hydrogen-bond donors (Lipinski definition) is 3. The van der Waals surface area contributed by atoms with Crippen molar-refractivity contribution in [3.63, 3.8) is 0 Å². The second-order valence-electron chi connectivity index (χ2n) is 6.78. The molecule has 0 unspecified atom stereocenters. The number of nitrogens with zero attached hydrogens (tertiary/aromatic N) is 1. The molecule has 0 bridgehead atoms. The van der Waals surface area contributed by atoms with Crippen molar-refractivity contribution in [2.75, 3.05) is 32.0 Å². The normalized spacial score (nSPS) is 15.7. The van der Waals surface area contributed by atoms with Gasteiger partial charge in [0.25, 0.3) is 0 Å². The first kappa shape index (κ1) is 20.5. The van der Waals surface area contributed by atoms with Crippen molar-refractivity contribution in [3.8, 4) is 0 Å². The summed E-state index contributed by atoms with van der Waals surface area (Å²) in [6.45, 7) is 15.1. The number of nitrogens with one attached hydrogen (secondary N) is 3. The van der Waals surface area contributed by atoms with E-state index in [4.69, 9.17) is 5.41 Å². The topological polar surface area (TPSA) is 51.2 Å². The quantitative estimate of drug-likeness (QED) is 0.414. The molecule has 3 N–H and O–H groups in total. The summed E-state index contributed by atoms with van der Waals surface area (Å²) in [5.74, 6) is 0. The van der Waals surface area contributed by atoms with E-state index in [0.29, 0.717) is 12.5 Å². The van der Waals surface area contributed by atoms with Crippen LogP contribution in [0.5, 0.6) is 0 Å². The van der Waals surface area contributed by atoms with Gasteiger partial charge < -0.3 is 20.9 Å². The Morgan fingerprint density at radius 3 is 2.65 bits per heavy atom. The molecule has 5 heteroatoms. The summed E-state index contributed by atoms with van der Waals surface area (Å²) < 4.78 is 1.01. The van der Waals surface area contributed by atoms with Crippen LogP contribution in [0.25, 0.3) is 0 Å². The summed E-state index contributed by atoms with van der Waals surface area (Å²) in [4.78, 5) is 2.27. The van der Waals surface area contributed by atoms with E-state index in [2.05, 4.69) is 77.6 Å².